The van der Waals surface area contributed by atoms with Gasteiger partial charge in [-0.3, -0.25) is 9.89 Å². The zero-order valence-corrected chi connectivity index (χ0v) is 10.5. The van der Waals surface area contributed by atoms with E-state index >= 15 is 0 Å². The quantitative estimate of drug-likeness (QED) is 0.847. The highest BCUT2D eigenvalue weighted by Crippen LogP contribution is 2.08. The lowest BCUT2D eigenvalue weighted by molar-refractivity contribution is 0.0933. The minimum Gasteiger partial charge on any atom is -0.341 e. The summed E-state index contributed by atoms with van der Waals surface area (Å²) < 4.78 is 0. The Morgan fingerprint density at radius 1 is 1.53 bits per heavy atom. The van der Waals surface area contributed by atoms with E-state index in [0.717, 1.165) is 0 Å². The fourth-order valence-electron chi connectivity index (χ4n) is 1.57. The van der Waals surface area contributed by atoms with Crippen LogP contribution in [0.15, 0.2) is 18.5 Å². The number of rotatable bonds is 3. The number of nitriles is 1. The van der Waals surface area contributed by atoms with Gasteiger partial charge in [-0.2, -0.15) is 10.4 Å². The Hall–Kier alpha value is -2.75. The van der Waals surface area contributed by atoms with Gasteiger partial charge in [-0.05, 0) is 26.0 Å². The van der Waals surface area contributed by atoms with Crippen molar-refractivity contribution in [2.45, 2.75) is 19.9 Å². The summed E-state index contributed by atoms with van der Waals surface area (Å²) in [5, 5.41) is 18.0. The van der Waals surface area contributed by atoms with Crippen molar-refractivity contribution < 1.29 is 4.79 Å². The van der Waals surface area contributed by atoms with Crippen molar-refractivity contribution >= 4 is 5.91 Å². The van der Waals surface area contributed by atoms with Crippen molar-refractivity contribution in [3.63, 3.8) is 0 Å². The van der Waals surface area contributed by atoms with Crippen LogP contribution < -0.4 is 5.32 Å². The monoisotopic (exact) mass is 256 g/mol. The van der Waals surface area contributed by atoms with Crippen LogP contribution in [0.2, 0.25) is 0 Å². The van der Waals surface area contributed by atoms with E-state index in [-0.39, 0.29) is 17.6 Å². The number of hydrogen-bond donors (Lipinski definition) is 2. The number of nitrogens with zero attached hydrogens (tertiary/aromatic N) is 4. The molecule has 96 valence electrons. The second kappa shape index (κ2) is 5.27. The fraction of sp³-hybridized carbons (Fsp3) is 0.250. The molecule has 0 spiro atoms. The zero-order valence-electron chi connectivity index (χ0n) is 10.5. The number of amides is 1. The van der Waals surface area contributed by atoms with E-state index in [1.807, 2.05) is 6.07 Å². The highest BCUT2D eigenvalue weighted by atomic mass is 16.1. The molecule has 0 saturated heterocycles. The number of nitrogens with one attached hydrogen (secondary N) is 2. The first-order valence-electron chi connectivity index (χ1n) is 5.65. The van der Waals surface area contributed by atoms with E-state index in [1.54, 1.807) is 19.9 Å². The average molecular weight is 256 g/mol. The van der Waals surface area contributed by atoms with Gasteiger partial charge in [0.1, 0.15) is 23.9 Å². The van der Waals surface area contributed by atoms with Crippen LogP contribution in [0.3, 0.4) is 0 Å². The summed E-state index contributed by atoms with van der Waals surface area (Å²) in [5.41, 5.74) is 1.25. The molecule has 7 heteroatoms. The standard InChI is InChI=1S/C12H12N6O/c1-7-9(5-13)3-4-10(16-7)12(19)17-8(2)11-14-6-15-18-11/h3-4,6,8H,1-2H3,(H,17,19)(H,14,15,18). The molecule has 0 aliphatic carbocycles. The largest absolute Gasteiger partial charge is 0.341 e. The van der Waals surface area contributed by atoms with Gasteiger partial charge < -0.3 is 5.32 Å². The lowest BCUT2D eigenvalue weighted by atomic mass is 10.2. The van der Waals surface area contributed by atoms with Crippen LogP contribution >= 0.6 is 0 Å². The Bertz CT molecular complexity index is 628. The van der Waals surface area contributed by atoms with E-state index < -0.39 is 0 Å². The number of aromatic amines is 1. The van der Waals surface area contributed by atoms with Crippen molar-refractivity contribution in [3.05, 3.63) is 41.2 Å². The Kier molecular flexibility index (Phi) is 3.52. The molecular weight excluding hydrogens is 244 g/mol. The summed E-state index contributed by atoms with van der Waals surface area (Å²) in [6, 6.07) is 4.81. The molecule has 2 aromatic heterocycles. The molecule has 2 aromatic rings. The molecule has 2 N–H and O–H groups in total. The molecule has 19 heavy (non-hydrogen) atoms. The van der Waals surface area contributed by atoms with Gasteiger partial charge in [-0.1, -0.05) is 0 Å². The Morgan fingerprint density at radius 2 is 2.32 bits per heavy atom. The van der Waals surface area contributed by atoms with Crippen LogP contribution in [0.4, 0.5) is 0 Å². The second-order valence-corrected chi connectivity index (χ2v) is 4.01. The number of aromatic nitrogens is 4. The lowest BCUT2D eigenvalue weighted by Crippen LogP contribution is -2.28. The number of carbonyl (C=O) groups is 1. The van der Waals surface area contributed by atoms with Gasteiger partial charge in [-0.15, -0.1) is 0 Å². The summed E-state index contributed by atoms with van der Waals surface area (Å²) in [7, 11) is 0. The molecule has 0 aliphatic rings. The van der Waals surface area contributed by atoms with Crippen LogP contribution in [-0.2, 0) is 0 Å². The topological polar surface area (TPSA) is 107 Å². The molecule has 7 nitrogen and oxygen atoms in total. The average Bonchev–Trinajstić information content (AvgIpc) is 2.92. The Labute approximate surface area is 109 Å². The van der Waals surface area contributed by atoms with Crippen molar-refractivity contribution in [1.82, 2.24) is 25.5 Å². The predicted octanol–water partition coefficient (Wildman–Crippen LogP) is 0.871. The summed E-state index contributed by atoms with van der Waals surface area (Å²) in [6.07, 6.45) is 1.38. The molecule has 2 heterocycles. The second-order valence-electron chi connectivity index (χ2n) is 4.01. The maximum atomic E-state index is 12.0. The number of hydrogen-bond acceptors (Lipinski definition) is 5. The van der Waals surface area contributed by atoms with Crippen molar-refractivity contribution in [3.8, 4) is 6.07 Å². The molecule has 0 fully saturated rings. The summed E-state index contributed by atoms with van der Waals surface area (Å²) >= 11 is 0. The lowest BCUT2D eigenvalue weighted by Gasteiger charge is -2.10. The molecule has 0 aliphatic heterocycles. The van der Waals surface area contributed by atoms with Crippen LogP contribution in [0.25, 0.3) is 0 Å². The van der Waals surface area contributed by atoms with Gasteiger partial charge in [0.05, 0.1) is 17.3 Å². The number of aryl methyl sites for hydroxylation is 1. The van der Waals surface area contributed by atoms with Crippen molar-refractivity contribution in [2.75, 3.05) is 0 Å². The summed E-state index contributed by atoms with van der Waals surface area (Å²) in [6.45, 7) is 3.48. The van der Waals surface area contributed by atoms with E-state index in [9.17, 15) is 4.79 Å². The van der Waals surface area contributed by atoms with Crippen LogP contribution in [0.5, 0.6) is 0 Å². The molecule has 0 bridgehead atoms. The minimum absolute atomic E-state index is 0.267. The van der Waals surface area contributed by atoms with Gasteiger partial charge in [0.2, 0.25) is 0 Å². The third-order valence-electron chi connectivity index (χ3n) is 2.63. The van der Waals surface area contributed by atoms with E-state index in [1.165, 1.54) is 12.4 Å². The molecular formula is C12H12N6O. The third-order valence-corrected chi connectivity index (χ3v) is 2.63. The number of carbonyl (C=O) groups excluding carboxylic acids is 1. The molecule has 0 aromatic carbocycles. The Morgan fingerprint density at radius 3 is 2.89 bits per heavy atom. The fourth-order valence-corrected chi connectivity index (χ4v) is 1.57. The highest BCUT2D eigenvalue weighted by Gasteiger charge is 2.15. The van der Waals surface area contributed by atoms with Gasteiger partial charge in [0.25, 0.3) is 5.91 Å². The van der Waals surface area contributed by atoms with Gasteiger partial charge in [-0.25, -0.2) is 9.97 Å². The van der Waals surface area contributed by atoms with Crippen molar-refractivity contribution in [2.24, 2.45) is 0 Å². The number of pyridine rings is 1. The predicted molar refractivity (Wildman–Crippen MR) is 66.0 cm³/mol. The first-order valence-corrected chi connectivity index (χ1v) is 5.65. The number of H-pyrrole nitrogens is 1. The molecule has 0 saturated carbocycles. The SMILES string of the molecule is Cc1nc(C(=O)NC(C)c2ncn[nH]2)ccc1C#N. The maximum Gasteiger partial charge on any atom is 0.270 e. The first-order chi connectivity index (χ1) is 9.11. The molecule has 1 unspecified atom stereocenters. The van der Waals surface area contributed by atoms with Gasteiger partial charge in [0, 0.05) is 0 Å². The molecule has 0 radical (unpaired) electrons. The van der Waals surface area contributed by atoms with E-state index in [2.05, 4.69) is 25.5 Å². The normalized spacial score (nSPS) is 11.6. The van der Waals surface area contributed by atoms with E-state index in [4.69, 9.17) is 5.26 Å². The van der Waals surface area contributed by atoms with Gasteiger partial charge in [0.15, 0.2) is 0 Å². The smallest absolute Gasteiger partial charge is 0.270 e. The zero-order chi connectivity index (χ0) is 13.8. The van der Waals surface area contributed by atoms with Crippen LogP contribution in [-0.4, -0.2) is 26.1 Å². The van der Waals surface area contributed by atoms with Crippen LogP contribution in [0.1, 0.15) is 40.5 Å². The Balaban J connectivity index is 2.12. The van der Waals surface area contributed by atoms with Crippen molar-refractivity contribution in [1.29, 1.82) is 5.26 Å². The minimum atomic E-state index is -0.323. The third kappa shape index (κ3) is 2.74. The molecule has 1 amide bonds. The highest BCUT2D eigenvalue weighted by molar-refractivity contribution is 5.92. The summed E-state index contributed by atoms with van der Waals surface area (Å²) in [4.78, 5) is 20.0. The molecule has 2 rings (SSSR count). The molecule has 1 atom stereocenters. The first kappa shape index (κ1) is 12.7. The van der Waals surface area contributed by atoms with Crippen LogP contribution in [0, 0.1) is 18.3 Å². The van der Waals surface area contributed by atoms with Gasteiger partial charge >= 0.3 is 0 Å². The summed E-state index contributed by atoms with van der Waals surface area (Å²) in [5.74, 6) is 0.246. The van der Waals surface area contributed by atoms with E-state index in [0.29, 0.717) is 17.1 Å². The maximum absolute atomic E-state index is 12.0.